The van der Waals surface area contributed by atoms with E-state index in [9.17, 15) is 9.59 Å². The first-order valence-corrected chi connectivity index (χ1v) is 6.11. The van der Waals surface area contributed by atoms with E-state index >= 15 is 0 Å². The van der Waals surface area contributed by atoms with Crippen molar-refractivity contribution in [3.8, 4) is 0 Å². The van der Waals surface area contributed by atoms with E-state index in [1.54, 1.807) is 0 Å². The van der Waals surface area contributed by atoms with Gasteiger partial charge in [0, 0.05) is 0 Å². The maximum atomic E-state index is 11.7. The van der Waals surface area contributed by atoms with Crippen LogP contribution in [-0.2, 0) is 9.59 Å². The zero-order valence-corrected chi connectivity index (χ0v) is 9.95. The molecule has 1 aliphatic heterocycles. The molecule has 0 aromatic heterocycles. The number of aliphatic carboxylic acids is 1. The number of carbonyl (C=O) groups is 2. The summed E-state index contributed by atoms with van der Waals surface area (Å²) in [4.78, 5) is 22.7. The summed E-state index contributed by atoms with van der Waals surface area (Å²) in [6.45, 7) is 1.37. The van der Waals surface area contributed by atoms with Crippen LogP contribution in [0.25, 0.3) is 0 Å². The summed E-state index contributed by atoms with van der Waals surface area (Å²) in [5, 5.41) is 14.6. The predicted molar refractivity (Wildman–Crippen MR) is 63.5 cm³/mol. The minimum absolute atomic E-state index is 0.206. The van der Waals surface area contributed by atoms with Crippen molar-refractivity contribution < 1.29 is 14.7 Å². The van der Waals surface area contributed by atoms with Gasteiger partial charge in [-0.25, -0.2) is 4.79 Å². The number of rotatable bonds is 7. The Kier molecular flexibility index (Phi) is 5.93. The summed E-state index contributed by atoms with van der Waals surface area (Å²) in [5.74, 6) is -1.18. The van der Waals surface area contributed by atoms with Gasteiger partial charge >= 0.3 is 5.97 Å². The van der Waals surface area contributed by atoms with Gasteiger partial charge in [-0.2, -0.15) is 0 Å². The van der Waals surface area contributed by atoms with Crippen LogP contribution in [-0.4, -0.2) is 42.2 Å². The molecular formula is C11H21N3O3. The number of carboxylic acids is 1. The largest absolute Gasteiger partial charge is 0.480 e. The minimum atomic E-state index is -0.978. The molecule has 2 atom stereocenters. The number of nitrogens with two attached hydrogens (primary N) is 1. The maximum Gasteiger partial charge on any atom is 0.326 e. The first kappa shape index (κ1) is 13.9. The van der Waals surface area contributed by atoms with Crippen molar-refractivity contribution in [3.05, 3.63) is 0 Å². The minimum Gasteiger partial charge on any atom is -0.480 e. The molecule has 0 aliphatic carbocycles. The number of amides is 1. The molecule has 0 aromatic rings. The highest BCUT2D eigenvalue weighted by molar-refractivity contribution is 5.87. The molecular weight excluding hydrogens is 222 g/mol. The fraction of sp³-hybridized carbons (Fsp3) is 0.818. The first-order chi connectivity index (χ1) is 8.15. The topological polar surface area (TPSA) is 104 Å². The van der Waals surface area contributed by atoms with Crippen LogP contribution in [0.15, 0.2) is 0 Å². The van der Waals surface area contributed by atoms with Gasteiger partial charge in [-0.1, -0.05) is 0 Å². The third-order valence-corrected chi connectivity index (χ3v) is 2.94. The molecule has 1 heterocycles. The Labute approximate surface area is 101 Å². The molecule has 98 valence electrons. The smallest absolute Gasteiger partial charge is 0.326 e. The second-order valence-corrected chi connectivity index (χ2v) is 4.33. The number of nitrogens with one attached hydrogen (secondary N) is 2. The molecule has 5 N–H and O–H groups in total. The fourth-order valence-corrected chi connectivity index (χ4v) is 1.93. The molecule has 6 nitrogen and oxygen atoms in total. The van der Waals surface area contributed by atoms with E-state index in [1.807, 2.05) is 0 Å². The molecule has 1 saturated heterocycles. The Bertz CT molecular complexity index is 265. The molecule has 0 radical (unpaired) electrons. The summed E-state index contributed by atoms with van der Waals surface area (Å²) in [7, 11) is 0. The van der Waals surface area contributed by atoms with E-state index in [1.165, 1.54) is 0 Å². The van der Waals surface area contributed by atoms with Crippen molar-refractivity contribution in [3.63, 3.8) is 0 Å². The lowest BCUT2D eigenvalue weighted by Crippen LogP contribution is -2.48. The van der Waals surface area contributed by atoms with Gasteiger partial charge in [0.1, 0.15) is 6.04 Å². The van der Waals surface area contributed by atoms with Crippen LogP contribution in [0.2, 0.25) is 0 Å². The van der Waals surface area contributed by atoms with Crippen LogP contribution in [0.4, 0.5) is 0 Å². The Morgan fingerprint density at radius 3 is 2.76 bits per heavy atom. The first-order valence-electron chi connectivity index (χ1n) is 6.11. The standard InChI is InChI=1S/C11H21N3O3/c12-6-2-1-4-9(11(16)17)14-10(15)8-5-3-7-13-8/h8-9,13H,1-7,12H2,(H,14,15)(H,16,17)/t8?,9-/m0/s1. The van der Waals surface area contributed by atoms with Crippen molar-refractivity contribution in [1.82, 2.24) is 10.6 Å². The van der Waals surface area contributed by atoms with Gasteiger partial charge in [0.15, 0.2) is 0 Å². The lowest BCUT2D eigenvalue weighted by atomic mass is 10.1. The summed E-state index contributed by atoms with van der Waals surface area (Å²) in [6, 6.07) is -1.03. The van der Waals surface area contributed by atoms with Gasteiger partial charge in [-0.15, -0.1) is 0 Å². The monoisotopic (exact) mass is 243 g/mol. The molecule has 0 bridgehead atoms. The Balaban J connectivity index is 2.36. The Morgan fingerprint density at radius 1 is 1.47 bits per heavy atom. The molecule has 0 aromatic carbocycles. The molecule has 1 aliphatic rings. The van der Waals surface area contributed by atoms with Crippen LogP contribution >= 0.6 is 0 Å². The third kappa shape index (κ3) is 4.70. The zero-order chi connectivity index (χ0) is 12.7. The SMILES string of the molecule is NCCCC[C@H](NC(=O)C1CCCN1)C(=O)O. The Morgan fingerprint density at radius 2 is 2.24 bits per heavy atom. The molecule has 0 saturated carbocycles. The van der Waals surface area contributed by atoms with Crippen molar-refractivity contribution >= 4 is 11.9 Å². The third-order valence-electron chi connectivity index (χ3n) is 2.94. The van der Waals surface area contributed by atoms with E-state index in [-0.39, 0.29) is 11.9 Å². The molecule has 17 heavy (non-hydrogen) atoms. The normalized spacial score (nSPS) is 21.1. The summed E-state index contributed by atoms with van der Waals surface area (Å²) < 4.78 is 0. The van der Waals surface area contributed by atoms with E-state index < -0.39 is 12.0 Å². The van der Waals surface area contributed by atoms with Gasteiger partial charge in [-0.05, 0) is 45.2 Å². The second kappa shape index (κ2) is 7.24. The highest BCUT2D eigenvalue weighted by Crippen LogP contribution is 2.07. The number of hydrogen-bond donors (Lipinski definition) is 4. The highest BCUT2D eigenvalue weighted by Gasteiger charge is 2.26. The average Bonchev–Trinajstić information content (AvgIpc) is 2.81. The maximum absolute atomic E-state index is 11.7. The molecule has 1 fully saturated rings. The highest BCUT2D eigenvalue weighted by atomic mass is 16.4. The summed E-state index contributed by atoms with van der Waals surface area (Å²) in [6.07, 6.45) is 3.67. The summed E-state index contributed by atoms with van der Waals surface area (Å²) >= 11 is 0. The lowest BCUT2D eigenvalue weighted by Gasteiger charge is -2.17. The van der Waals surface area contributed by atoms with E-state index in [0.717, 1.165) is 25.8 Å². The zero-order valence-electron chi connectivity index (χ0n) is 9.95. The van der Waals surface area contributed by atoms with Crippen molar-refractivity contribution in [1.29, 1.82) is 0 Å². The quantitative estimate of drug-likeness (QED) is 0.449. The van der Waals surface area contributed by atoms with E-state index in [2.05, 4.69) is 10.6 Å². The van der Waals surface area contributed by atoms with E-state index in [4.69, 9.17) is 10.8 Å². The number of carbonyl (C=O) groups excluding carboxylic acids is 1. The summed E-state index contributed by atoms with van der Waals surface area (Å²) in [5.41, 5.74) is 5.35. The number of hydrogen-bond acceptors (Lipinski definition) is 4. The Hall–Kier alpha value is -1.14. The predicted octanol–water partition coefficient (Wildman–Crippen LogP) is -0.563. The molecule has 6 heteroatoms. The number of unbranched alkanes of at least 4 members (excludes halogenated alkanes) is 1. The van der Waals surface area contributed by atoms with Gasteiger partial charge in [0.05, 0.1) is 6.04 Å². The van der Waals surface area contributed by atoms with Crippen LogP contribution in [0.1, 0.15) is 32.1 Å². The van der Waals surface area contributed by atoms with E-state index in [0.29, 0.717) is 19.4 Å². The van der Waals surface area contributed by atoms with Crippen LogP contribution < -0.4 is 16.4 Å². The van der Waals surface area contributed by atoms with Gasteiger partial charge in [-0.3, -0.25) is 4.79 Å². The fourth-order valence-electron chi connectivity index (χ4n) is 1.93. The lowest BCUT2D eigenvalue weighted by molar-refractivity contribution is -0.142. The van der Waals surface area contributed by atoms with Gasteiger partial charge in [0.25, 0.3) is 0 Å². The molecule has 1 amide bonds. The molecule has 1 rings (SSSR count). The van der Waals surface area contributed by atoms with Gasteiger partial charge < -0.3 is 21.5 Å². The van der Waals surface area contributed by atoms with Crippen molar-refractivity contribution in [2.75, 3.05) is 13.1 Å². The second-order valence-electron chi connectivity index (χ2n) is 4.33. The molecule has 1 unspecified atom stereocenters. The van der Waals surface area contributed by atoms with Crippen LogP contribution in [0.3, 0.4) is 0 Å². The average molecular weight is 243 g/mol. The van der Waals surface area contributed by atoms with Gasteiger partial charge in [0.2, 0.25) is 5.91 Å². The van der Waals surface area contributed by atoms with Crippen LogP contribution in [0, 0.1) is 0 Å². The van der Waals surface area contributed by atoms with Crippen molar-refractivity contribution in [2.45, 2.75) is 44.2 Å². The van der Waals surface area contributed by atoms with Crippen LogP contribution in [0.5, 0.6) is 0 Å². The van der Waals surface area contributed by atoms with Crippen molar-refractivity contribution in [2.24, 2.45) is 5.73 Å². The molecule has 0 spiro atoms. The number of carboxylic acid groups (broad SMARTS) is 1.